The number of hydrogen-bond acceptors (Lipinski definition) is 7. The Morgan fingerprint density at radius 2 is 1.70 bits per heavy atom. The number of carbonyl (C=O) groups excluding carboxylic acids is 3. The number of hydrogen-bond donors (Lipinski definition) is 2. The van der Waals surface area contributed by atoms with Crippen molar-refractivity contribution in [2.45, 2.75) is 19.8 Å². The summed E-state index contributed by atoms with van der Waals surface area (Å²) in [4.78, 5) is 49.0. The van der Waals surface area contributed by atoms with Gasteiger partial charge in [0.1, 0.15) is 24.0 Å². The van der Waals surface area contributed by atoms with Crippen LogP contribution < -0.4 is 15.5 Å². The average molecular weight is 408 g/mol. The maximum Gasteiger partial charge on any atom is 0.262 e. The summed E-state index contributed by atoms with van der Waals surface area (Å²) >= 11 is 0. The van der Waals surface area contributed by atoms with Crippen LogP contribution in [-0.4, -0.2) is 65.3 Å². The molecule has 1 fully saturated rings. The number of anilines is 2. The van der Waals surface area contributed by atoms with Crippen LogP contribution in [0.25, 0.3) is 0 Å². The van der Waals surface area contributed by atoms with Crippen LogP contribution in [0.3, 0.4) is 0 Å². The van der Waals surface area contributed by atoms with Crippen LogP contribution in [0.15, 0.2) is 30.3 Å². The minimum absolute atomic E-state index is 0.294. The normalized spacial score (nSPS) is 15.5. The molecule has 2 N–H and O–H groups in total. The van der Waals surface area contributed by atoms with E-state index in [1.807, 2.05) is 13.0 Å². The highest BCUT2D eigenvalue weighted by atomic mass is 16.2. The summed E-state index contributed by atoms with van der Waals surface area (Å²) in [7, 11) is 0. The molecule has 1 aromatic carbocycles. The first-order valence-corrected chi connectivity index (χ1v) is 10.1. The van der Waals surface area contributed by atoms with Crippen LogP contribution in [0, 0.1) is 6.92 Å². The molecule has 30 heavy (non-hydrogen) atoms. The van der Waals surface area contributed by atoms with Gasteiger partial charge in [0.2, 0.25) is 5.91 Å². The molecule has 0 saturated carbocycles. The van der Waals surface area contributed by atoms with Gasteiger partial charge in [-0.1, -0.05) is 12.1 Å². The monoisotopic (exact) mass is 408 g/mol. The van der Waals surface area contributed by atoms with Gasteiger partial charge in [0.15, 0.2) is 0 Å². The number of amides is 3. The molecule has 0 radical (unpaired) electrons. The first-order valence-electron chi connectivity index (χ1n) is 10.1. The van der Waals surface area contributed by atoms with E-state index in [2.05, 4.69) is 25.5 Å². The zero-order chi connectivity index (χ0) is 21.1. The first-order chi connectivity index (χ1) is 14.5. The molecule has 2 aliphatic heterocycles. The molecule has 2 aliphatic rings. The van der Waals surface area contributed by atoms with E-state index in [9.17, 15) is 14.4 Å². The number of imide groups is 1. The smallest absolute Gasteiger partial charge is 0.262 e. The summed E-state index contributed by atoms with van der Waals surface area (Å²) in [5, 5.41) is 5.92. The van der Waals surface area contributed by atoms with Gasteiger partial charge in [0, 0.05) is 32.2 Å². The highest BCUT2D eigenvalue weighted by molar-refractivity contribution is 6.22. The van der Waals surface area contributed by atoms with Gasteiger partial charge in [-0.05, 0) is 31.9 Å². The second-order valence-corrected chi connectivity index (χ2v) is 7.37. The average Bonchev–Trinajstić information content (AvgIpc) is 3.35. The van der Waals surface area contributed by atoms with Crippen LogP contribution in [-0.2, 0) is 4.79 Å². The third-order valence-electron chi connectivity index (χ3n) is 5.19. The van der Waals surface area contributed by atoms with E-state index in [0.717, 1.165) is 23.8 Å². The summed E-state index contributed by atoms with van der Waals surface area (Å²) < 4.78 is 0. The van der Waals surface area contributed by atoms with Crippen molar-refractivity contribution in [2.75, 3.05) is 42.9 Å². The third-order valence-corrected chi connectivity index (χ3v) is 5.19. The van der Waals surface area contributed by atoms with E-state index in [4.69, 9.17) is 0 Å². The number of aryl methyl sites for hydroxylation is 1. The summed E-state index contributed by atoms with van der Waals surface area (Å²) in [5.41, 5.74) is 0.676. The Morgan fingerprint density at radius 1 is 1.03 bits per heavy atom. The molecule has 0 atom stereocenters. The Balaban J connectivity index is 1.26. The fraction of sp³-hybridized carbons (Fsp3) is 0.381. The minimum Gasteiger partial charge on any atom is -0.368 e. The topological polar surface area (TPSA) is 108 Å². The molecule has 0 aliphatic carbocycles. The number of benzene rings is 1. The molecule has 9 heteroatoms. The highest BCUT2D eigenvalue weighted by Crippen LogP contribution is 2.22. The molecule has 0 unspecified atom stereocenters. The molecule has 2 aromatic rings. The van der Waals surface area contributed by atoms with Crippen molar-refractivity contribution in [3.63, 3.8) is 0 Å². The maximum atomic E-state index is 12.3. The Kier molecular flexibility index (Phi) is 5.60. The second kappa shape index (κ2) is 8.48. The summed E-state index contributed by atoms with van der Waals surface area (Å²) in [6.45, 7) is 4.37. The lowest BCUT2D eigenvalue weighted by Gasteiger charge is -2.18. The van der Waals surface area contributed by atoms with Crippen molar-refractivity contribution in [1.82, 2.24) is 20.2 Å². The van der Waals surface area contributed by atoms with Gasteiger partial charge in [-0.15, -0.1) is 0 Å². The summed E-state index contributed by atoms with van der Waals surface area (Å²) in [6.07, 6.45) is 2.34. The van der Waals surface area contributed by atoms with E-state index < -0.39 is 11.8 Å². The quantitative estimate of drug-likeness (QED) is 0.524. The molecule has 156 valence electrons. The van der Waals surface area contributed by atoms with Gasteiger partial charge in [0.25, 0.3) is 11.8 Å². The lowest BCUT2D eigenvalue weighted by Crippen LogP contribution is -2.41. The van der Waals surface area contributed by atoms with Crippen molar-refractivity contribution in [3.8, 4) is 0 Å². The first kappa shape index (κ1) is 19.8. The fourth-order valence-corrected chi connectivity index (χ4v) is 3.73. The van der Waals surface area contributed by atoms with E-state index in [-0.39, 0.29) is 12.5 Å². The largest absolute Gasteiger partial charge is 0.368 e. The minimum atomic E-state index is -0.435. The molecular formula is C21H24N6O3. The van der Waals surface area contributed by atoms with Crippen molar-refractivity contribution in [2.24, 2.45) is 0 Å². The van der Waals surface area contributed by atoms with E-state index >= 15 is 0 Å². The number of fused-ring (bicyclic) bond motifs is 1. The van der Waals surface area contributed by atoms with Crippen molar-refractivity contribution in [3.05, 3.63) is 47.3 Å². The lowest BCUT2D eigenvalue weighted by atomic mass is 10.1. The molecule has 4 rings (SSSR count). The van der Waals surface area contributed by atoms with Gasteiger partial charge in [0.05, 0.1) is 11.1 Å². The predicted molar refractivity (Wildman–Crippen MR) is 112 cm³/mol. The van der Waals surface area contributed by atoms with Crippen LogP contribution in [0.4, 0.5) is 11.6 Å². The lowest BCUT2D eigenvalue weighted by molar-refractivity contribution is -0.121. The fourth-order valence-electron chi connectivity index (χ4n) is 3.73. The highest BCUT2D eigenvalue weighted by Gasteiger charge is 2.36. The molecule has 3 heterocycles. The molecule has 0 spiro atoms. The molecule has 1 aromatic heterocycles. The zero-order valence-electron chi connectivity index (χ0n) is 16.9. The Morgan fingerprint density at radius 3 is 2.37 bits per heavy atom. The summed E-state index contributed by atoms with van der Waals surface area (Å²) in [5.74, 6) is 1.06. The Bertz CT molecular complexity index is 951. The van der Waals surface area contributed by atoms with Crippen molar-refractivity contribution < 1.29 is 14.4 Å². The second-order valence-electron chi connectivity index (χ2n) is 7.37. The number of nitrogens with zero attached hydrogens (tertiary/aromatic N) is 4. The van der Waals surface area contributed by atoms with E-state index in [0.29, 0.717) is 35.9 Å². The third kappa shape index (κ3) is 4.10. The predicted octanol–water partition coefficient (Wildman–Crippen LogP) is 1.21. The van der Waals surface area contributed by atoms with Crippen molar-refractivity contribution in [1.29, 1.82) is 0 Å². The maximum absolute atomic E-state index is 12.3. The van der Waals surface area contributed by atoms with Crippen LogP contribution in [0.1, 0.15) is 39.4 Å². The van der Waals surface area contributed by atoms with Crippen LogP contribution >= 0.6 is 0 Å². The molecule has 9 nitrogen and oxygen atoms in total. The van der Waals surface area contributed by atoms with Crippen LogP contribution in [0.5, 0.6) is 0 Å². The van der Waals surface area contributed by atoms with Crippen LogP contribution in [0.2, 0.25) is 0 Å². The van der Waals surface area contributed by atoms with Gasteiger partial charge in [-0.25, -0.2) is 9.97 Å². The molecule has 0 bridgehead atoms. The number of rotatable bonds is 7. The van der Waals surface area contributed by atoms with Crippen molar-refractivity contribution >= 4 is 29.4 Å². The van der Waals surface area contributed by atoms with Gasteiger partial charge in [-0.2, -0.15) is 0 Å². The number of aromatic nitrogens is 2. The molecule has 1 saturated heterocycles. The summed E-state index contributed by atoms with van der Waals surface area (Å²) in [6, 6.07) is 8.50. The van der Waals surface area contributed by atoms with Gasteiger partial charge in [-0.3, -0.25) is 19.3 Å². The Hall–Kier alpha value is -3.49. The molecule has 3 amide bonds. The van der Waals surface area contributed by atoms with E-state index in [1.165, 1.54) is 12.8 Å². The van der Waals surface area contributed by atoms with Gasteiger partial charge < -0.3 is 15.5 Å². The standard InChI is InChI=1S/C21H24N6O3/c1-14-24-17(12-18(25-14)26-10-4-5-11-26)22-8-9-23-19(28)13-27-20(29)15-6-2-3-7-16(15)21(27)30/h2-3,6-7,12H,4-5,8-11,13H2,1H3,(H,23,28)(H,22,24,25). The zero-order valence-corrected chi connectivity index (χ0v) is 16.9. The number of nitrogens with one attached hydrogen (secondary N) is 2. The van der Waals surface area contributed by atoms with Gasteiger partial charge >= 0.3 is 0 Å². The SMILES string of the molecule is Cc1nc(NCCNC(=O)CN2C(=O)c3ccccc3C2=O)cc(N2CCCC2)n1. The Labute approximate surface area is 174 Å². The van der Waals surface area contributed by atoms with E-state index in [1.54, 1.807) is 24.3 Å². The number of carbonyl (C=O) groups is 3. The molecular weight excluding hydrogens is 384 g/mol.